The Morgan fingerprint density at radius 1 is 1.17 bits per heavy atom. The number of nitrogens with zero attached hydrogens (tertiary/aromatic N) is 1. The molecule has 3 N–H and O–H groups in total. The second-order valence-corrected chi connectivity index (χ2v) is 11.6. The van der Waals surface area contributed by atoms with Crippen LogP contribution in [0.2, 0.25) is 0 Å². The smallest absolute Gasteiger partial charge is 0.406 e. The number of halogens is 1. The predicted molar refractivity (Wildman–Crippen MR) is 160 cm³/mol. The average Bonchev–Trinajstić information content (AvgIpc) is 3.03. The molecule has 9 heteroatoms. The average molecular weight is 584 g/mol. The van der Waals surface area contributed by atoms with Crippen molar-refractivity contribution in [3.63, 3.8) is 0 Å². The van der Waals surface area contributed by atoms with Crippen molar-refractivity contribution in [3.05, 3.63) is 59.4 Å². The molecule has 1 saturated heterocycles. The molecule has 0 spiro atoms. The number of aliphatic hydroxyl groups is 1. The van der Waals surface area contributed by atoms with Gasteiger partial charge in [0, 0.05) is 24.6 Å². The number of amides is 2. The second kappa shape index (κ2) is 14.9. The van der Waals surface area contributed by atoms with Gasteiger partial charge in [-0.2, -0.15) is 0 Å². The van der Waals surface area contributed by atoms with Gasteiger partial charge in [-0.15, -0.1) is 0 Å². The maximum Gasteiger partial charge on any atom is 0.406 e. The Labute approximate surface area is 249 Å². The number of hydrogen-bond acceptors (Lipinski definition) is 6. The Bertz CT molecular complexity index is 1200. The maximum absolute atomic E-state index is 15.6. The summed E-state index contributed by atoms with van der Waals surface area (Å²) in [6.45, 7) is 4.22. The largest absolute Gasteiger partial charge is 0.453 e. The summed E-state index contributed by atoms with van der Waals surface area (Å²) in [5.41, 5.74) is 0.853. The van der Waals surface area contributed by atoms with E-state index in [4.69, 9.17) is 4.74 Å². The highest BCUT2D eigenvalue weighted by Gasteiger charge is 2.45. The molecule has 0 unspecified atom stereocenters. The fraction of sp³-hybridized carbons (Fsp3) is 0.576. The summed E-state index contributed by atoms with van der Waals surface area (Å²) in [4.78, 5) is 27.1. The molecule has 1 saturated carbocycles. The van der Waals surface area contributed by atoms with E-state index in [1.807, 2.05) is 43.1 Å². The Hall–Kier alpha value is -3.01. The zero-order valence-electron chi connectivity index (χ0n) is 25.2. The molecule has 2 aromatic carbocycles. The molecule has 0 bridgehead atoms. The zero-order valence-corrected chi connectivity index (χ0v) is 25.2. The van der Waals surface area contributed by atoms with E-state index >= 15 is 4.39 Å². The third-order valence-corrected chi connectivity index (χ3v) is 8.89. The zero-order chi connectivity index (χ0) is 30.1. The van der Waals surface area contributed by atoms with E-state index in [1.165, 1.54) is 13.2 Å². The first-order valence-corrected chi connectivity index (χ1v) is 15.3. The van der Waals surface area contributed by atoms with Crippen LogP contribution < -0.4 is 10.6 Å². The number of carbonyl (C=O) groups excluding carboxylic acids is 2. The number of ether oxygens (including phenoxy) is 2. The molecular weight excluding hydrogens is 537 g/mol. The van der Waals surface area contributed by atoms with E-state index in [0.29, 0.717) is 35.6 Å². The molecule has 1 heterocycles. The van der Waals surface area contributed by atoms with Crippen LogP contribution in [0, 0.1) is 17.7 Å². The van der Waals surface area contributed by atoms with Gasteiger partial charge < -0.3 is 30.1 Å². The van der Waals surface area contributed by atoms with Crippen LogP contribution in [0.3, 0.4) is 0 Å². The molecular formula is C33H46FN3O5. The molecule has 2 fully saturated rings. The molecule has 2 atom stereocenters. The Kier molecular flexibility index (Phi) is 11.4. The lowest BCUT2D eigenvalue weighted by Gasteiger charge is -2.44. The lowest BCUT2D eigenvalue weighted by atomic mass is 9.78. The molecule has 0 aromatic heterocycles. The number of hydrogen-bond donors (Lipinski definition) is 3. The molecule has 0 radical (unpaired) electrons. The first-order chi connectivity index (χ1) is 20.3. The van der Waals surface area contributed by atoms with Gasteiger partial charge in [-0.3, -0.25) is 4.79 Å². The lowest BCUT2D eigenvalue weighted by molar-refractivity contribution is -0.168. The monoisotopic (exact) mass is 583 g/mol. The van der Waals surface area contributed by atoms with Crippen molar-refractivity contribution in [1.82, 2.24) is 15.5 Å². The molecule has 42 heavy (non-hydrogen) atoms. The molecule has 8 nitrogen and oxygen atoms in total. The number of aryl methyl sites for hydroxylation is 1. The van der Waals surface area contributed by atoms with Crippen molar-refractivity contribution in [2.24, 2.45) is 11.8 Å². The van der Waals surface area contributed by atoms with Gasteiger partial charge in [-0.05, 0) is 87.2 Å². The molecule has 2 aromatic rings. The van der Waals surface area contributed by atoms with Crippen molar-refractivity contribution in [1.29, 1.82) is 0 Å². The van der Waals surface area contributed by atoms with Gasteiger partial charge in [0.2, 0.25) is 5.91 Å². The van der Waals surface area contributed by atoms with E-state index in [9.17, 15) is 14.7 Å². The van der Waals surface area contributed by atoms with Crippen molar-refractivity contribution in [3.8, 4) is 11.1 Å². The summed E-state index contributed by atoms with van der Waals surface area (Å²) < 4.78 is 26.5. The van der Waals surface area contributed by atoms with Crippen LogP contribution in [0.25, 0.3) is 11.1 Å². The van der Waals surface area contributed by atoms with Crippen molar-refractivity contribution in [2.75, 3.05) is 46.9 Å². The number of benzene rings is 2. The Balaban J connectivity index is 1.63. The highest BCUT2D eigenvalue weighted by atomic mass is 19.1. The van der Waals surface area contributed by atoms with Gasteiger partial charge >= 0.3 is 6.09 Å². The van der Waals surface area contributed by atoms with E-state index in [0.717, 1.165) is 44.2 Å². The van der Waals surface area contributed by atoms with Crippen LogP contribution in [0.1, 0.15) is 56.6 Å². The van der Waals surface area contributed by atoms with Crippen LogP contribution in [-0.4, -0.2) is 75.1 Å². The van der Waals surface area contributed by atoms with E-state index in [-0.39, 0.29) is 37.9 Å². The summed E-state index contributed by atoms with van der Waals surface area (Å²) in [6.07, 6.45) is 3.79. The van der Waals surface area contributed by atoms with Gasteiger partial charge in [0.1, 0.15) is 17.5 Å². The normalized spacial score (nSPS) is 22.3. The summed E-state index contributed by atoms with van der Waals surface area (Å²) in [7, 11) is 3.26. The number of morpholine rings is 1. The molecule has 2 amide bonds. The van der Waals surface area contributed by atoms with Gasteiger partial charge in [-0.25, -0.2) is 9.18 Å². The third kappa shape index (κ3) is 7.49. The van der Waals surface area contributed by atoms with Gasteiger partial charge in [0.15, 0.2) is 0 Å². The van der Waals surface area contributed by atoms with Crippen molar-refractivity contribution < 1.29 is 28.6 Å². The van der Waals surface area contributed by atoms with Gasteiger partial charge in [-0.1, -0.05) is 43.3 Å². The fourth-order valence-corrected chi connectivity index (χ4v) is 6.51. The lowest BCUT2D eigenvalue weighted by Crippen LogP contribution is -2.55. The summed E-state index contributed by atoms with van der Waals surface area (Å²) in [5, 5.41) is 18.4. The second-order valence-electron chi connectivity index (χ2n) is 11.6. The number of nitrogens with one attached hydrogen (secondary N) is 2. The van der Waals surface area contributed by atoms with E-state index < -0.39 is 23.6 Å². The summed E-state index contributed by atoms with van der Waals surface area (Å²) >= 11 is 0. The van der Waals surface area contributed by atoms with Crippen LogP contribution in [-0.2, 0) is 26.3 Å². The van der Waals surface area contributed by atoms with Crippen molar-refractivity contribution >= 4 is 12.0 Å². The first-order valence-electron chi connectivity index (χ1n) is 15.3. The Morgan fingerprint density at radius 2 is 1.93 bits per heavy atom. The first kappa shape index (κ1) is 31.9. The topological polar surface area (TPSA) is 100 Å². The standard InChI is InChI=1S/C33H46FN3O5/c1-4-23-8-5-9-26(20-23)30-27(10-6-11-28(30)34)33(40,16-7-17-36-32(39)41-3)29-22-37(18-19-42-29)31(38)25-14-12-24(13-15-25)21-35-2/h5-6,8-11,20,24-25,29,35,40H,4,7,12-19,21-22H2,1-3H3,(H,36,39)/t24-,25-,29-,33-/m1/s1. The molecule has 1 aliphatic heterocycles. The van der Waals surface area contributed by atoms with E-state index in [2.05, 4.69) is 15.4 Å². The van der Waals surface area contributed by atoms with Crippen LogP contribution in [0.4, 0.5) is 9.18 Å². The maximum atomic E-state index is 15.6. The fourth-order valence-electron chi connectivity index (χ4n) is 6.51. The Morgan fingerprint density at radius 3 is 2.64 bits per heavy atom. The molecule has 4 rings (SSSR count). The molecule has 230 valence electrons. The van der Waals surface area contributed by atoms with Crippen LogP contribution >= 0.6 is 0 Å². The highest BCUT2D eigenvalue weighted by Crippen LogP contribution is 2.41. The quantitative estimate of drug-likeness (QED) is 0.334. The van der Waals surface area contributed by atoms with Gasteiger partial charge in [0.25, 0.3) is 0 Å². The third-order valence-electron chi connectivity index (χ3n) is 8.89. The van der Waals surface area contributed by atoms with E-state index in [1.54, 1.807) is 12.1 Å². The summed E-state index contributed by atoms with van der Waals surface area (Å²) in [6, 6.07) is 12.4. The molecule has 2 aliphatic rings. The minimum absolute atomic E-state index is 0.0317. The van der Waals surface area contributed by atoms with Gasteiger partial charge in [0.05, 0.1) is 20.3 Å². The minimum atomic E-state index is -1.62. The molecule has 1 aliphatic carbocycles. The van der Waals surface area contributed by atoms with Crippen LogP contribution in [0.15, 0.2) is 42.5 Å². The number of rotatable bonds is 11. The SMILES string of the molecule is CCc1cccc(-c2c(F)cccc2[C@](O)(CCCNC(=O)OC)[C@H]2CN(C(=O)[C@H]3CC[C@H](CNC)CC3)CCO2)c1. The van der Waals surface area contributed by atoms with Crippen LogP contribution in [0.5, 0.6) is 0 Å². The summed E-state index contributed by atoms with van der Waals surface area (Å²) in [5.74, 6) is 0.235. The predicted octanol–water partition coefficient (Wildman–Crippen LogP) is 4.63. The minimum Gasteiger partial charge on any atom is -0.453 e. The number of carbonyl (C=O) groups is 2. The number of methoxy groups -OCH3 is 1. The number of alkyl carbamates (subject to hydrolysis) is 1. The highest BCUT2D eigenvalue weighted by molar-refractivity contribution is 5.79. The van der Waals surface area contributed by atoms with Crippen molar-refractivity contribution in [2.45, 2.75) is 63.6 Å².